The fourth-order valence-electron chi connectivity index (χ4n) is 9.55. The molecular formula is C68H113NO13. The van der Waals surface area contributed by atoms with E-state index in [0.717, 1.165) is 70.6 Å². The second-order valence-electron chi connectivity index (χ2n) is 21.8. The highest BCUT2D eigenvalue weighted by atomic mass is 16.7. The van der Waals surface area contributed by atoms with Crippen molar-refractivity contribution in [1.29, 1.82) is 0 Å². The lowest BCUT2D eigenvalue weighted by molar-refractivity contribution is -0.359. The molecule has 2 fully saturated rings. The van der Waals surface area contributed by atoms with E-state index in [1.54, 1.807) is 6.08 Å². The Hall–Kier alpha value is -3.61. The van der Waals surface area contributed by atoms with Gasteiger partial charge in [0.1, 0.15) is 48.8 Å². The van der Waals surface area contributed by atoms with Crippen LogP contribution in [0.4, 0.5) is 0 Å². The van der Waals surface area contributed by atoms with Gasteiger partial charge in [-0.15, -0.1) is 0 Å². The quantitative estimate of drug-likeness (QED) is 0.0204. The number of unbranched alkanes of at least 4 members (excludes halogenated alkanes) is 18. The molecule has 1 amide bonds. The summed E-state index contributed by atoms with van der Waals surface area (Å²) in [4.78, 5) is 13.3. The number of hydrogen-bond acceptors (Lipinski definition) is 13. The van der Waals surface area contributed by atoms with Crippen LogP contribution in [0.3, 0.4) is 0 Å². The van der Waals surface area contributed by atoms with Crippen LogP contribution in [0.15, 0.2) is 122 Å². The molecule has 82 heavy (non-hydrogen) atoms. The summed E-state index contributed by atoms with van der Waals surface area (Å²) in [7, 11) is 0. The number of ether oxygens (including phenoxy) is 4. The average Bonchev–Trinajstić information content (AvgIpc) is 3.53. The van der Waals surface area contributed by atoms with Crippen LogP contribution in [0, 0.1) is 0 Å². The molecule has 0 saturated carbocycles. The van der Waals surface area contributed by atoms with E-state index in [-0.39, 0.29) is 18.9 Å². The van der Waals surface area contributed by atoms with Gasteiger partial charge in [-0.3, -0.25) is 4.79 Å². The number of hydrogen-bond donors (Lipinski definition) is 9. The zero-order valence-electron chi connectivity index (χ0n) is 50.4. The molecule has 2 aliphatic rings. The second kappa shape index (κ2) is 51.8. The fourth-order valence-corrected chi connectivity index (χ4v) is 9.55. The molecule has 9 N–H and O–H groups in total. The minimum atomic E-state index is -1.81. The van der Waals surface area contributed by atoms with Crippen LogP contribution < -0.4 is 5.32 Å². The Labute approximate surface area is 495 Å². The average molecular weight is 1150 g/mol. The van der Waals surface area contributed by atoms with Gasteiger partial charge in [-0.25, -0.2) is 0 Å². The summed E-state index contributed by atoms with van der Waals surface area (Å²) in [6, 6.07) is -0.979. The number of amides is 1. The van der Waals surface area contributed by atoms with Gasteiger partial charge >= 0.3 is 0 Å². The lowest BCUT2D eigenvalue weighted by Gasteiger charge is -2.46. The Balaban J connectivity index is 1.80. The highest BCUT2D eigenvalue weighted by molar-refractivity contribution is 5.76. The van der Waals surface area contributed by atoms with Crippen LogP contribution in [-0.2, 0) is 23.7 Å². The first-order valence-corrected chi connectivity index (χ1v) is 31.8. The molecular weight excluding hydrogens is 1040 g/mol. The molecule has 14 nitrogen and oxygen atoms in total. The van der Waals surface area contributed by atoms with E-state index in [9.17, 15) is 45.6 Å². The Kier molecular flexibility index (Phi) is 47.0. The van der Waals surface area contributed by atoms with Crippen molar-refractivity contribution < 1.29 is 64.6 Å². The minimum Gasteiger partial charge on any atom is -0.394 e. The van der Waals surface area contributed by atoms with Crippen LogP contribution in [0.25, 0.3) is 0 Å². The van der Waals surface area contributed by atoms with Crippen molar-refractivity contribution >= 4 is 5.91 Å². The summed E-state index contributed by atoms with van der Waals surface area (Å²) in [6.45, 7) is 2.62. The van der Waals surface area contributed by atoms with Crippen molar-refractivity contribution in [3.8, 4) is 0 Å². The van der Waals surface area contributed by atoms with E-state index in [1.165, 1.54) is 96.3 Å². The lowest BCUT2D eigenvalue weighted by Crippen LogP contribution is -2.65. The van der Waals surface area contributed by atoms with Crippen molar-refractivity contribution in [2.45, 2.75) is 280 Å². The van der Waals surface area contributed by atoms with Crippen LogP contribution in [0.5, 0.6) is 0 Å². The van der Waals surface area contributed by atoms with E-state index < -0.39 is 86.8 Å². The Morgan fingerprint density at radius 2 is 0.854 bits per heavy atom. The summed E-state index contributed by atoms with van der Waals surface area (Å²) in [5.41, 5.74) is 0. The van der Waals surface area contributed by atoms with Gasteiger partial charge in [-0.1, -0.05) is 225 Å². The predicted octanol–water partition coefficient (Wildman–Crippen LogP) is 11.8. The molecule has 12 atom stereocenters. The first-order chi connectivity index (χ1) is 40.1. The Morgan fingerprint density at radius 1 is 0.451 bits per heavy atom. The molecule has 0 radical (unpaired) electrons. The van der Waals surface area contributed by atoms with Gasteiger partial charge in [0.25, 0.3) is 0 Å². The minimum absolute atomic E-state index is 0.182. The first-order valence-electron chi connectivity index (χ1n) is 31.8. The molecule has 2 saturated heterocycles. The molecule has 468 valence electrons. The molecule has 0 aromatic carbocycles. The molecule has 12 unspecified atom stereocenters. The number of rotatable bonds is 49. The zero-order valence-corrected chi connectivity index (χ0v) is 50.4. The van der Waals surface area contributed by atoms with Crippen LogP contribution in [-0.4, -0.2) is 140 Å². The third kappa shape index (κ3) is 36.3. The molecule has 2 aliphatic heterocycles. The summed E-state index contributed by atoms with van der Waals surface area (Å²) in [5, 5.41) is 87.2. The van der Waals surface area contributed by atoms with Crippen molar-refractivity contribution in [2.24, 2.45) is 0 Å². The van der Waals surface area contributed by atoms with E-state index in [1.807, 2.05) is 12.2 Å². The molecule has 2 rings (SSSR count). The first kappa shape index (κ1) is 74.5. The zero-order chi connectivity index (χ0) is 59.5. The van der Waals surface area contributed by atoms with E-state index >= 15 is 0 Å². The number of aliphatic hydroxyl groups excluding tert-OH is 8. The summed E-state index contributed by atoms with van der Waals surface area (Å²) < 4.78 is 22.7. The maximum Gasteiger partial charge on any atom is 0.220 e. The monoisotopic (exact) mass is 1150 g/mol. The van der Waals surface area contributed by atoms with Gasteiger partial charge in [0, 0.05) is 6.42 Å². The van der Waals surface area contributed by atoms with Gasteiger partial charge in [0.2, 0.25) is 5.91 Å². The van der Waals surface area contributed by atoms with Crippen LogP contribution in [0.2, 0.25) is 0 Å². The van der Waals surface area contributed by atoms with Crippen molar-refractivity contribution in [3.05, 3.63) is 122 Å². The van der Waals surface area contributed by atoms with Crippen LogP contribution >= 0.6 is 0 Å². The summed E-state index contributed by atoms with van der Waals surface area (Å²) in [5.74, 6) is -0.315. The van der Waals surface area contributed by atoms with Gasteiger partial charge in [0.05, 0.1) is 32.0 Å². The number of carbonyl (C=O) groups excluding carboxylic acids is 1. The third-order valence-electron chi connectivity index (χ3n) is 14.6. The highest BCUT2D eigenvalue weighted by Gasteiger charge is 2.51. The number of carbonyl (C=O) groups is 1. The van der Waals surface area contributed by atoms with Crippen molar-refractivity contribution in [3.63, 3.8) is 0 Å². The van der Waals surface area contributed by atoms with Crippen molar-refractivity contribution in [1.82, 2.24) is 5.32 Å². The van der Waals surface area contributed by atoms with E-state index in [0.29, 0.717) is 19.3 Å². The Morgan fingerprint density at radius 3 is 1.34 bits per heavy atom. The molecule has 0 spiro atoms. The molecule has 0 bridgehead atoms. The van der Waals surface area contributed by atoms with Gasteiger partial charge < -0.3 is 65.1 Å². The third-order valence-corrected chi connectivity index (χ3v) is 14.6. The number of aliphatic hydroxyl groups is 8. The molecule has 0 aromatic rings. The maximum atomic E-state index is 13.3. The van der Waals surface area contributed by atoms with Gasteiger partial charge in [-0.05, 0) is 96.3 Å². The largest absolute Gasteiger partial charge is 0.394 e. The molecule has 14 heteroatoms. The maximum absolute atomic E-state index is 13.3. The lowest BCUT2D eigenvalue weighted by atomic mass is 9.97. The smallest absolute Gasteiger partial charge is 0.220 e. The second-order valence-corrected chi connectivity index (χ2v) is 21.8. The van der Waals surface area contributed by atoms with Gasteiger partial charge in [0.15, 0.2) is 12.6 Å². The molecule has 2 heterocycles. The van der Waals surface area contributed by atoms with Crippen molar-refractivity contribution in [2.75, 3.05) is 19.8 Å². The SMILES string of the molecule is CC/C=C\C/C=C\C/C=C\C/C=C\C/C=C\C/C=C\C/C=C\CCCC(=O)NC(COC1OC(CO)C(OC2OC(CO)C(O)C(O)C2O)C(O)C1O)C(O)/C=C/CC/C=C/CC/C=C/CCCCCCCCCCCCCCCCC. The Bertz CT molecular complexity index is 1840. The molecule has 0 aromatic heterocycles. The van der Waals surface area contributed by atoms with E-state index in [2.05, 4.69) is 122 Å². The van der Waals surface area contributed by atoms with E-state index in [4.69, 9.17) is 18.9 Å². The topological polar surface area (TPSA) is 228 Å². The summed E-state index contributed by atoms with van der Waals surface area (Å²) >= 11 is 0. The molecule has 0 aliphatic carbocycles. The fraction of sp³-hybridized carbons (Fsp3) is 0.691. The number of allylic oxidation sites excluding steroid dienone is 19. The number of nitrogens with one attached hydrogen (secondary N) is 1. The van der Waals surface area contributed by atoms with Crippen LogP contribution in [0.1, 0.15) is 206 Å². The summed E-state index contributed by atoms with van der Waals surface area (Å²) in [6.07, 6.45) is 58.2. The standard InChI is InChI=1S/C68H113NO13/c1-3-5-7-9-11-13-15-17-19-21-23-25-27-28-30-31-33-35-37-39-41-43-45-47-49-51-57(72)56(55-79-67-65(78)63(76)66(59(54-71)81-67)82-68-64(77)62(75)61(74)58(53-70)80-68)69-60(73)52-50-48-46-44-42-40-38-36-34-32-29-26-24-22-20-18-16-14-12-10-8-6-4-2/h6,8,12,14,18,20,24,26,32-35,38,40-41,43-44,46,49,51,56-59,61-68,70-72,74-78H,3-5,7,9-11,13,15-17,19,21-23,25,27-31,36-37,39,42,45,47-48,50,52-55H2,1-2H3,(H,69,73)/b8-6-,14-12-,20-18-,26-24-,34-32-,35-33+,40-38-,43-41+,46-44-,51-49+. The highest BCUT2D eigenvalue weighted by Crippen LogP contribution is 2.30. The predicted molar refractivity (Wildman–Crippen MR) is 332 cm³/mol. The van der Waals surface area contributed by atoms with Gasteiger partial charge in [-0.2, -0.15) is 0 Å². The normalized spacial score (nSPS) is 24.8.